The van der Waals surface area contributed by atoms with Gasteiger partial charge in [-0.25, -0.2) is 0 Å². The summed E-state index contributed by atoms with van der Waals surface area (Å²) in [6.45, 7) is 0. The standard InChI is InChI=1S/C9H12O/c10-8-5-9(8)4-6-1-2-7(9)3-6/h6-7H,1-5H2/t6?,7?,9-/m0/s1. The van der Waals surface area contributed by atoms with Crippen LogP contribution in [0.15, 0.2) is 0 Å². The van der Waals surface area contributed by atoms with Gasteiger partial charge in [0.1, 0.15) is 5.78 Å². The van der Waals surface area contributed by atoms with Gasteiger partial charge in [0.25, 0.3) is 0 Å². The van der Waals surface area contributed by atoms with Crippen LogP contribution in [0.2, 0.25) is 0 Å². The molecule has 0 N–H and O–H groups in total. The third kappa shape index (κ3) is 0.415. The molecule has 3 saturated carbocycles. The summed E-state index contributed by atoms with van der Waals surface area (Å²) in [7, 11) is 0. The van der Waals surface area contributed by atoms with Crippen LogP contribution in [0, 0.1) is 17.3 Å². The van der Waals surface area contributed by atoms with E-state index in [2.05, 4.69) is 0 Å². The maximum absolute atomic E-state index is 11.1. The van der Waals surface area contributed by atoms with E-state index in [4.69, 9.17) is 0 Å². The van der Waals surface area contributed by atoms with Crippen molar-refractivity contribution in [3.05, 3.63) is 0 Å². The molecule has 3 fully saturated rings. The molecule has 0 heterocycles. The highest BCUT2D eigenvalue weighted by molar-refractivity contribution is 6.01. The van der Waals surface area contributed by atoms with Gasteiger partial charge >= 0.3 is 0 Å². The van der Waals surface area contributed by atoms with Crippen molar-refractivity contribution in [1.29, 1.82) is 0 Å². The normalized spacial score (nSPS) is 56.6. The molecule has 3 aliphatic carbocycles. The summed E-state index contributed by atoms with van der Waals surface area (Å²) in [5, 5.41) is 0. The third-order valence-corrected chi connectivity index (χ3v) is 3.88. The first kappa shape index (κ1) is 5.34. The fourth-order valence-corrected chi connectivity index (χ4v) is 3.24. The Morgan fingerprint density at radius 1 is 1.40 bits per heavy atom. The highest BCUT2D eigenvalue weighted by Gasteiger charge is 2.64. The molecule has 2 bridgehead atoms. The van der Waals surface area contributed by atoms with Crippen LogP contribution in [0.5, 0.6) is 0 Å². The SMILES string of the molecule is O=C1C[C@]12CC1CCC2C1. The van der Waals surface area contributed by atoms with E-state index in [1.807, 2.05) is 0 Å². The lowest BCUT2D eigenvalue weighted by molar-refractivity contribution is -0.113. The maximum atomic E-state index is 11.1. The molecule has 3 aliphatic rings. The van der Waals surface area contributed by atoms with Crippen molar-refractivity contribution in [2.24, 2.45) is 17.3 Å². The molecule has 0 saturated heterocycles. The molecule has 0 aromatic rings. The lowest BCUT2D eigenvalue weighted by Gasteiger charge is -2.17. The first-order valence-corrected chi connectivity index (χ1v) is 4.34. The van der Waals surface area contributed by atoms with Gasteiger partial charge in [0, 0.05) is 11.8 Å². The van der Waals surface area contributed by atoms with E-state index < -0.39 is 0 Å². The fraction of sp³-hybridized carbons (Fsp3) is 0.889. The minimum atomic E-state index is 0.281. The molecule has 0 aliphatic heterocycles. The van der Waals surface area contributed by atoms with E-state index >= 15 is 0 Å². The summed E-state index contributed by atoms with van der Waals surface area (Å²) in [5.74, 6) is 2.35. The van der Waals surface area contributed by atoms with Gasteiger partial charge in [0.05, 0.1) is 0 Å². The molecule has 1 heteroatoms. The molecule has 3 atom stereocenters. The van der Waals surface area contributed by atoms with Crippen molar-refractivity contribution in [2.45, 2.75) is 32.1 Å². The summed E-state index contributed by atoms with van der Waals surface area (Å²) in [6, 6.07) is 0. The number of carbonyl (C=O) groups is 1. The zero-order valence-corrected chi connectivity index (χ0v) is 6.10. The number of fused-ring (bicyclic) bond motifs is 3. The van der Waals surface area contributed by atoms with Gasteiger partial charge in [-0.3, -0.25) is 4.79 Å². The largest absolute Gasteiger partial charge is 0.299 e. The van der Waals surface area contributed by atoms with Crippen molar-refractivity contribution in [3.8, 4) is 0 Å². The molecule has 10 heavy (non-hydrogen) atoms. The van der Waals surface area contributed by atoms with E-state index in [-0.39, 0.29) is 5.41 Å². The highest BCUT2D eigenvalue weighted by atomic mass is 16.1. The lowest BCUT2D eigenvalue weighted by atomic mass is 9.86. The minimum Gasteiger partial charge on any atom is -0.299 e. The molecular formula is C9H12O. The monoisotopic (exact) mass is 136 g/mol. The molecule has 54 valence electrons. The zero-order chi connectivity index (χ0) is 6.77. The molecule has 0 aromatic heterocycles. The van der Waals surface area contributed by atoms with Gasteiger partial charge in [-0.2, -0.15) is 0 Å². The lowest BCUT2D eigenvalue weighted by Crippen LogP contribution is -2.13. The average Bonchev–Trinajstić information content (AvgIpc) is 2.31. The van der Waals surface area contributed by atoms with Crippen LogP contribution in [-0.2, 0) is 4.79 Å². The molecular weight excluding hydrogens is 124 g/mol. The zero-order valence-electron chi connectivity index (χ0n) is 6.10. The smallest absolute Gasteiger partial charge is 0.140 e. The molecule has 0 radical (unpaired) electrons. The van der Waals surface area contributed by atoms with Crippen LogP contribution >= 0.6 is 0 Å². The average molecular weight is 136 g/mol. The van der Waals surface area contributed by atoms with Crippen LogP contribution in [-0.4, -0.2) is 5.78 Å². The molecule has 2 unspecified atom stereocenters. The second kappa shape index (κ2) is 1.32. The van der Waals surface area contributed by atoms with E-state index in [1.54, 1.807) is 0 Å². The van der Waals surface area contributed by atoms with Gasteiger partial charge in [-0.05, 0) is 31.1 Å². The summed E-state index contributed by atoms with van der Waals surface area (Å²) < 4.78 is 0. The summed E-state index contributed by atoms with van der Waals surface area (Å²) in [4.78, 5) is 11.1. The Morgan fingerprint density at radius 2 is 2.20 bits per heavy atom. The summed E-state index contributed by atoms with van der Waals surface area (Å²) >= 11 is 0. The van der Waals surface area contributed by atoms with E-state index in [0.717, 1.165) is 18.3 Å². The quantitative estimate of drug-likeness (QED) is 0.496. The Morgan fingerprint density at radius 3 is 2.50 bits per heavy atom. The summed E-state index contributed by atoms with van der Waals surface area (Å²) in [5.41, 5.74) is 0.281. The van der Waals surface area contributed by atoms with Crippen LogP contribution in [0.25, 0.3) is 0 Å². The molecule has 1 spiro atoms. The topological polar surface area (TPSA) is 17.1 Å². The highest BCUT2D eigenvalue weighted by Crippen LogP contribution is 2.65. The first-order valence-electron chi connectivity index (χ1n) is 4.34. The fourth-order valence-electron chi connectivity index (χ4n) is 3.24. The predicted octanol–water partition coefficient (Wildman–Crippen LogP) is 1.77. The van der Waals surface area contributed by atoms with E-state index in [9.17, 15) is 4.79 Å². The Labute approximate surface area is 60.8 Å². The maximum Gasteiger partial charge on any atom is 0.140 e. The number of Topliss-reactive ketones (excluding diaryl/α,β-unsaturated/α-hetero) is 1. The summed E-state index contributed by atoms with van der Waals surface area (Å²) in [6.07, 6.45) is 6.35. The van der Waals surface area contributed by atoms with Crippen LogP contribution in [0.3, 0.4) is 0 Å². The predicted molar refractivity (Wildman–Crippen MR) is 37.5 cm³/mol. The van der Waals surface area contributed by atoms with Gasteiger partial charge in [-0.1, -0.05) is 6.42 Å². The van der Waals surface area contributed by atoms with Crippen molar-refractivity contribution in [1.82, 2.24) is 0 Å². The number of hydrogen-bond donors (Lipinski definition) is 0. The number of rotatable bonds is 0. The second-order valence-corrected chi connectivity index (χ2v) is 4.34. The van der Waals surface area contributed by atoms with Crippen LogP contribution < -0.4 is 0 Å². The third-order valence-electron chi connectivity index (χ3n) is 3.88. The Hall–Kier alpha value is -0.330. The van der Waals surface area contributed by atoms with Crippen molar-refractivity contribution in [3.63, 3.8) is 0 Å². The Bertz CT molecular complexity index is 209. The number of ketones is 1. The van der Waals surface area contributed by atoms with Gasteiger partial charge in [0.2, 0.25) is 0 Å². The van der Waals surface area contributed by atoms with Crippen molar-refractivity contribution < 1.29 is 4.79 Å². The molecule has 0 amide bonds. The van der Waals surface area contributed by atoms with Crippen molar-refractivity contribution in [2.75, 3.05) is 0 Å². The van der Waals surface area contributed by atoms with E-state index in [0.29, 0.717) is 5.78 Å². The van der Waals surface area contributed by atoms with Crippen LogP contribution in [0.1, 0.15) is 32.1 Å². The number of hydrogen-bond acceptors (Lipinski definition) is 1. The van der Waals surface area contributed by atoms with Crippen molar-refractivity contribution >= 4 is 5.78 Å². The minimum absolute atomic E-state index is 0.281. The first-order chi connectivity index (χ1) is 4.81. The van der Waals surface area contributed by atoms with Crippen LogP contribution in [0.4, 0.5) is 0 Å². The molecule has 1 nitrogen and oxygen atoms in total. The molecule has 3 rings (SSSR count). The van der Waals surface area contributed by atoms with Gasteiger partial charge in [0.15, 0.2) is 0 Å². The second-order valence-electron chi connectivity index (χ2n) is 4.34. The molecule has 0 aromatic carbocycles. The van der Waals surface area contributed by atoms with Gasteiger partial charge in [-0.15, -0.1) is 0 Å². The number of carbonyl (C=O) groups excluding carboxylic acids is 1. The van der Waals surface area contributed by atoms with E-state index in [1.165, 1.54) is 25.7 Å². The Balaban J connectivity index is 1.98. The van der Waals surface area contributed by atoms with Gasteiger partial charge < -0.3 is 0 Å². The Kier molecular flexibility index (Phi) is 0.704.